The third kappa shape index (κ3) is 4.38. The summed E-state index contributed by atoms with van der Waals surface area (Å²) in [5.41, 5.74) is -1.34. The van der Waals surface area contributed by atoms with Crippen molar-refractivity contribution >= 4 is 17.1 Å². The molecule has 0 fully saturated rings. The molecule has 3 aromatic rings. The van der Waals surface area contributed by atoms with Crippen LogP contribution in [0.5, 0.6) is 0 Å². The zero-order valence-electron chi connectivity index (χ0n) is 16.0. The second-order valence-electron chi connectivity index (χ2n) is 6.76. The molecule has 0 heterocycles. The van der Waals surface area contributed by atoms with Crippen molar-refractivity contribution in [3.8, 4) is 0 Å². The van der Waals surface area contributed by atoms with Crippen molar-refractivity contribution in [2.75, 3.05) is 6.61 Å². The summed E-state index contributed by atoms with van der Waals surface area (Å²) in [4.78, 5) is 32.0. The first kappa shape index (κ1) is 21.5. The molecule has 1 N–H and O–H groups in total. The lowest BCUT2D eigenvalue weighted by Crippen LogP contribution is -2.19. The second-order valence-corrected chi connectivity index (χ2v) is 6.76. The van der Waals surface area contributed by atoms with Crippen LogP contribution in [-0.2, 0) is 0 Å². The maximum absolute atomic E-state index is 11.8. The van der Waals surface area contributed by atoms with Crippen molar-refractivity contribution in [3.05, 3.63) is 120 Å². The molecule has 158 valence electrons. The van der Waals surface area contributed by atoms with Gasteiger partial charge < -0.3 is 5.11 Å². The van der Waals surface area contributed by atoms with Crippen molar-refractivity contribution in [1.29, 1.82) is 0 Å². The van der Waals surface area contributed by atoms with Gasteiger partial charge in [-0.05, 0) is 11.1 Å². The van der Waals surface area contributed by atoms with E-state index in [1.54, 1.807) is 60.7 Å². The van der Waals surface area contributed by atoms with Gasteiger partial charge in [-0.2, -0.15) is 0 Å². The molecule has 0 saturated carbocycles. The summed E-state index contributed by atoms with van der Waals surface area (Å²) in [6.45, 7) is -0.659. The van der Waals surface area contributed by atoms with Gasteiger partial charge >= 0.3 is 0 Å². The number of hydrogen-bond donors (Lipinski definition) is 1. The predicted molar refractivity (Wildman–Crippen MR) is 111 cm³/mol. The lowest BCUT2D eigenvalue weighted by molar-refractivity contribution is -0.404. The van der Waals surface area contributed by atoms with Gasteiger partial charge in [0.2, 0.25) is 0 Å². The lowest BCUT2D eigenvalue weighted by Gasteiger charge is -2.26. The molecule has 0 bridgehead atoms. The molecule has 0 spiro atoms. The summed E-state index contributed by atoms with van der Waals surface area (Å²) < 4.78 is 0. The fourth-order valence-electron chi connectivity index (χ4n) is 3.74. The predicted octanol–water partition coefficient (Wildman–Crippen LogP) is 4.32. The Balaban J connectivity index is 2.34. The quantitative estimate of drug-likeness (QED) is 0.419. The summed E-state index contributed by atoms with van der Waals surface area (Å²) in [5, 5.41) is 45.0. The van der Waals surface area contributed by atoms with Crippen LogP contribution in [0.2, 0.25) is 0 Å². The van der Waals surface area contributed by atoms with Crippen LogP contribution in [0.3, 0.4) is 0 Å². The minimum absolute atomic E-state index is 0.360. The molecular weight excluding hydrogens is 406 g/mol. The zero-order valence-corrected chi connectivity index (χ0v) is 16.0. The fourth-order valence-corrected chi connectivity index (χ4v) is 3.74. The molecular formula is C21H17N3O7. The number of nitro benzene ring substituents is 3. The highest BCUT2D eigenvalue weighted by Gasteiger charge is 2.39. The van der Waals surface area contributed by atoms with E-state index in [1.165, 1.54) is 0 Å². The van der Waals surface area contributed by atoms with Gasteiger partial charge in [-0.1, -0.05) is 60.7 Å². The normalized spacial score (nSPS) is 11.8. The number of rotatable bonds is 8. The van der Waals surface area contributed by atoms with E-state index < -0.39 is 50.3 Å². The summed E-state index contributed by atoms with van der Waals surface area (Å²) in [6.07, 6.45) is 0. The van der Waals surface area contributed by atoms with Crippen LogP contribution >= 0.6 is 0 Å². The van der Waals surface area contributed by atoms with Gasteiger partial charge in [-0.3, -0.25) is 30.3 Å². The molecule has 0 aliphatic heterocycles. The van der Waals surface area contributed by atoms with E-state index in [0.717, 1.165) is 0 Å². The van der Waals surface area contributed by atoms with Crippen LogP contribution in [0.4, 0.5) is 17.1 Å². The van der Waals surface area contributed by atoms with Gasteiger partial charge in [0.15, 0.2) is 0 Å². The molecule has 10 nitrogen and oxygen atoms in total. The number of aliphatic hydroxyl groups excluding tert-OH is 1. The van der Waals surface area contributed by atoms with E-state index in [0.29, 0.717) is 23.3 Å². The maximum atomic E-state index is 11.8. The smallest absolute Gasteiger partial charge is 0.286 e. The Morgan fingerprint density at radius 1 is 0.710 bits per heavy atom. The number of nitro groups is 3. The second kappa shape index (κ2) is 9.09. The highest BCUT2D eigenvalue weighted by molar-refractivity contribution is 5.63. The molecule has 0 saturated heterocycles. The lowest BCUT2D eigenvalue weighted by atomic mass is 9.76. The van der Waals surface area contributed by atoms with Crippen molar-refractivity contribution in [3.63, 3.8) is 0 Å². The topological polar surface area (TPSA) is 150 Å². The van der Waals surface area contributed by atoms with Crippen molar-refractivity contribution < 1.29 is 19.9 Å². The molecule has 0 aromatic heterocycles. The number of benzene rings is 3. The molecule has 0 radical (unpaired) electrons. The number of aliphatic hydroxyl groups is 1. The standard InChI is InChI=1S/C21H17N3O7/c25-13-17(20(14-7-3-1-4-8-14)15-9-5-2-6-10-15)21-18(23(28)29)11-16(22(26)27)12-19(21)24(30)31/h1-12,17,20,25H,13H2. The van der Waals surface area contributed by atoms with Crippen LogP contribution in [0.15, 0.2) is 72.8 Å². The van der Waals surface area contributed by atoms with Gasteiger partial charge in [0, 0.05) is 11.8 Å². The Morgan fingerprint density at radius 2 is 1.13 bits per heavy atom. The van der Waals surface area contributed by atoms with Crippen molar-refractivity contribution in [2.45, 2.75) is 11.8 Å². The van der Waals surface area contributed by atoms with Crippen LogP contribution in [0, 0.1) is 30.3 Å². The average molecular weight is 423 g/mol. The first-order chi connectivity index (χ1) is 14.8. The maximum Gasteiger partial charge on any atom is 0.286 e. The molecule has 0 aliphatic rings. The fraction of sp³-hybridized carbons (Fsp3) is 0.143. The third-order valence-electron chi connectivity index (χ3n) is 5.01. The molecule has 1 unspecified atom stereocenters. The molecule has 10 heteroatoms. The average Bonchev–Trinajstić information content (AvgIpc) is 2.77. The van der Waals surface area contributed by atoms with Gasteiger partial charge in [0.05, 0.1) is 33.5 Å². The molecule has 0 aliphatic carbocycles. The molecule has 3 aromatic carbocycles. The van der Waals surface area contributed by atoms with Crippen molar-refractivity contribution in [1.82, 2.24) is 0 Å². The number of nitrogens with zero attached hydrogens (tertiary/aromatic N) is 3. The summed E-state index contributed by atoms with van der Waals surface area (Å²) >= 11 is 0. The van der Waals surface area contributed by atoms with Crippen LogP contribution in [-0.4, -0.2) is 26.5 Å². The monoisotopic (exact) mass is 423 g/mol. The Kier molecular flexibility index (Phi) is 6.32. The van der Waals surface area contributed by atoms with E-state index in [1.807, 2.05) is 0 Å². The first-order valence-electron chi connectivity index (χ1n) is 9.17. The summed E-state index contributed by atoms with van der Waals surface area (Å²) in [7, 11) is 0. The summed E-state index contributed by atoms with van der Waals surface area (Å²) in [5.74, 6) is -1.78. The Labute approximate surface area is 175 Å². The van der Waals surface area contributed by atoms with Crippen molar-refractivity contribution in [2.24, 2.45) is 0 Å². The Hall–Kier alpha value is -4.18. The summed E-state index contributed by atoms with van der Waals surface area (Å²) in [6, 6.07) is 18.9. The Morgan fingerprint density at radius 3 is 1.45 bits per heavy atom. The van der Waals surface area contributed by atoms with E-state index >= 15 is 0 Å². The van der Waals surface area contributed by atoms with Gasteiger partial charge in [0.25, 0.3) is 17.1 Å². The van der Waals surface area contributed by atoms with Crippen LogP contribution < -0.4 is 0 Å². The van der Waals surface area contributed by atoms with Gasteiger partial charge in [-0.15, -0.1) is 0 Å². The van der Waals surface area contributed by atoms with E-state index in [2.05, 4.69) is 0 Å². The minimum atomic E-state index is -1.11. The van der Waals surface area contributed by atoms with E-state index in [-0.39, 0.29) is 5.56 Å². The minimum Gasteiger partial charge on any atom is -0.396 e. The highest BCUT2D eigenvalue weighted by Crippen LogP contribution is 2.46. The SMILES string of the molecule is O=[N+]([O-])c1cc([N+](=O)[O-])c(C(CO)C(c2ccccc2)c2ccccc2)c([N+](=O)[O-])c1. The number of non-ortho nitro benzene ring substituents is 1. The van der Waals surface area contributed by atoms with E-state index in [4.69, 9.17) is 0 Å². The Bertz CT molecular complexity index is 1050. The van der Waals surface area contributed by atoms with Crippen LogP contribution in [0.1, 0.15) is 28.5 Å². The molecule has 3 rings (SSSR count). The molecule has 31 heavy (non-hydrogen) atoms. The van der Waals surface area contributed by atoms with Gasteiger partial charge in [-0.25, -0.2) is 0 Å². The molecule has 1 atom stereocenters. The highest BCUT2D eigenvalue weighted by atomic mass is 16.6. The zero-order chi connectivity index (χ0) is 22.5. The molecule has 0 amide bonds. The third-order valence-corrected chi connectivity index (χ3v) is 5.01. The first-order valence-corrected chi connectivity index (χ1v) is 9.17. The van der Waals surface area contributed by atoms with E-state index in [9.17, 15) is 35.4 Å². The number of hydrogen-bond acceptors (Lipinski definition) is 7. The largest absolute Gasteiger partial charge is 0.396 e. The van der Waals surface area contributed by atoms with Gasteiger partial charge in [0.1, 0.15) is 5.56 Å². The van der Waals surface area contributed by atoms with Crippen LogP contribution in [0.25, 0.3) is 0 Å².